The molecule has 0 saturated heterocycles. The van der Waals surface area contributed by atoms with E-state index in [-0.39, 0.29) is 11.4 Å². The van der Waals surface area contributed by atoms with E-state index in [9.17, 15) is 20.0 Å². The lowest BCUT2D eigenvalue weighted by Gasteiger charge is -2.12. The number of methoxy groups -OCH3 is 1. The quantitative estimate of drug-likeness (QED) is 0.495. The fraction of sp³-hybridized carbons (Fsp3) is 0.500. The molecule has 0 aromatic carbocycles. The largest absolute Gasteiger partial charge is 0.469 e. The summed E-state index contributed by atoms with van der Waals surface area (Å²) in [4.78, 5) is 21.6. The topological polar surface area (TPSA) is 89.7 Å². The molecule has 2 atom stereocenters. The molecule has 2 unspecified atom stereocenters. The molecule has 7 heteroatoms. The van der Waals surface area contributed by atoms with Crippen molar-refractivity contribution < 1.29 is 19.6 Å². The number of carbonyl (C=O) groups is 1. The zero-order valence-electron chi connectivity index (χ0n) is 9.45. The van der Waals surface area contributed by atoms with E-state index in [0.717, 1.165) is 11.3 Å². The highest BCUT2D eigenvalue weighted by Crippen LogP contribution is 2.31. The summed E-state index contributed by atoms with van der Waals surface area (Å²) in [5.41, 5.74) is 0. The molecule has 0 aliphatic heterocycles. The van der Waals surface area contributed by atoms with Crippen molar-refractivity contribution >= 4 is 22.3 Å². The minimum atomic E-state index is -0.886. The van der Waals surface area contributed by atoms with Crippen molar-refractivity contribution in [3.63, 3.8) is 0 Å². The van der Waals surface area contributed by atoms with Crippen molar-refractivity contribution in [3.05, 3.63) is 27.1 Å². The molecule has 1 N–H and O–H groups in total. The van der Waals surface area contributed by atoms with Crippen molar-refractivity contribution in [1.29, 1.82) is 0 Å². The number of rotatable bonds is 5. The van der Waals surface area contributed by atoms with E-state index in [2.05, 4.69) is 4.74 Å². The van der Waals surface area contributed by atoms with Gasteiger partial charge in [-0.25, -0.2) is 0 Å². The predicted molar refractivity (Wildman–Crippen MR) is 61.7 cm³/mol. The summed E-state index contributed by atoms with van der Waals surface area (Å²) in [6, 6.07) is 2.84. The number of hydrogen-bond donors (Lipinski definition) is 1. The fourth-order valence-electron chi connectivity index (χ4n) is 1.37. The molecule has 1 rings (SSSR count). The second-order valence-corrected chi connectivity index (χ2v) is 4.70. The van der Waals surface area contributed by atoms with Crippen LogP contribution in [0.25, 0.3) is 0 Å². The van der Waals surface area contributed by atoms with Crippen LogP contribution in [0.2, 0.25) is 0 Å². The number of carbonyl (C=O) groups excluding carboxylic acids is 1. The number of esters is 1. The van der Waals surface area contributed by atoms with Gasteiger partial charge < -0.3 is 9.84 Å². The average molecular weight is 259 g/mol. The molecular weight excluding hydrogens is 246 g/mol. The highest BCUT2D eigenvalue weighted by atomic mass is 32.1. The van der Waals surface area contributed by atoms with Crippen LogP contribution in [-0.2, 0) is 9.53 Å². The Balaban J connectivity index is 2.66. The predicted octanol–water partition coefficient (Wildman–Crippen LogP) is 1.89. The van der Waals surface area contributed by atoms with Crippen LogP contribution in [0.5, 0.6) is 0 Å². The van der Waals surface area contributed by atoms with Crippen LogP contribution < -0.4 is 0 Å². The van der Waals surface area contributed by atoms with Crippen LogP contribution in [0.3, 0.4) is 0 Å². The third kappa shape index (κ3) is 3.50. The third-order valence-electron chi connectivity index (χ3n) is 2.30. The van der Waals surface area contributed by atoms with Crippen LogP contribution in [0, 0.1) is 16.0 Å². The van der Waals surface area contributed by atoms with Gasteiger partial charge in [0.25, 0.3) is 0 Å². The summed E-state index contributed by atoms with van der Waals surface area (Å²) in [6.07, 6.45) is -0.701. The lowest BCUT2D eigenvalue weighted by molar-refractivity contribution is -0.380. The number of hydrogen-bond acceptors (Lipinski definition) is 6. The van der Waals surface area contributed by atoms with E-state index in [1.165, 1.54) is 19.2 Å². The van der Waals surface area contributed by atoms with Crippen molar-refractivity contribution in [2.45, 2.75) is 19.4 Å². The Hall–Kier alpha value is -1.47. The molecule has 17 heavy (non-hydrogen) atoms. The molecule has 0 aliphatic carbocycles. The monoisotopic (exact) mass is 259 g/mol. The first-order valence-electron chi connectivity index (χ1n) is 4.95. The van der Waals surface area contributed by atoms with E-state index in [0.29, 0.717) is 4.88 Å². The zero-order chi connectivity index (χ0) is 13.0. The van der Waals surface area contributed by atoms with E-state index in [4.69, 9.17) is 0 Å². The molecule has 0 amide bonds. The standard InChI is InChI=1S/C10H13NO5S/c1-6(10(13)16-2)5-7(12)8-3-4-9(17-8)11(14)15/h3-4,6-7,12H,5H2,1-2H3. The molecule has 0 radical (unpaired) electrons. The zero-order valence-corrected chi connectivity index (χ0v) is 10.3. The van der Waals surface area contributed by atoms with Gasteiger partial charge in [-0.3, -0.25) is 14.9 Å². The average Bonchev–Trinajstić information content (AvgIpc) is 2.77. The summed E-state index contributed by atoms with van der Waals surface area (Å²) in [5.74, 6) is -0.855. The second-order valence-electron chi connectivity index (χ2n) is 3.61. The van der Waals surface area contributed by atoms with E-state index < -0.39 is 22.9 Å². The van der Waals surface area contributed by atoms with Gasteiger partial charge in [0.1, 0.15) is 0 Å². The number of nitro groups is 1. The molecule has 94 valence electrons. The van der Waals surface area contributed by atoms with E-state index in [1.807, 2.05) is 0 Å². The number of aliphatic hydroxyl groups is 1. The van der Waals surface area contributed by atoms with Gasteiger partial charge in [-0.05, 0) is 12.5 Å². The Kier molecular flexibility index (Phi) is 4.59. The first kappa shape index (κ1) is 13.6. The molecule has 0 spiro atoms. The maximum Gasteiger partial charge on any atom is 0.324 e. The molecule has 0 bridgehead atoms. The maximum absolute atomic E-state index is 11.2. The minimum absolute atomic E-state index is 0.0234. The molecular formula is C10H13NO5S. The van der Waals surface area contributed by atoms with Crippen LogP contribution in [0.1, 0.15) is 24.3 Å². The lowest BCUT2D eigenvalue weighted by Crippen LogP contribution is -2.15. The smallest absolute Gasteiger partial charge is 0.324 e. The normalized spacial score (nSPS) is 14.1. The molecule has 6 nitrogen and oxygen atoms in total. The number of aliphatic hydroxyl groups excluding tert-OH is 1. The Morgan fingerprint density at radius 1 is 1.65 bits per heavy atom. The highest BCUT2D eigenvalue weighted by molar-refractivity contribution is 7.15. The van der Waals surface area contributed by atoms with Gasteiger partial charge in [-0.2, -0.15) is 0 Å². The van der Waals surface area contributed by atoms with Gasteiger partial charge in [0.2, 0.25) is 0 Å². The molecule has 1 aromatic heterocycles. The summed E-state index contributed by atoms with van der Waals surface area (Å²) < 4.78 is 4.54. The van der Waals surface area contributed by atoms with Gasteiger partial charge in [-0.1, -0.05) is 18.3 Å². The molecule has 1 heterocycles. The van der Waals surface area contributed by atoms with Gasteiger partial charge in [0.05, 0.1) is 24.1 Å². The van der Waals surface area contributed by atoms with Crippen LogP contribution in [0.4, 0.5) is 5.00 Å². The summed E-state index contributed by atoms with van der Waals surface area (Å²) in [7, 11) is 1.28. The van der Waals surface area contributed by atoms with Crippen molar-refractivity contribution in [3.8, 4) is 0 Å². The second kappa shape index (κ2) is 5.74. The van der Waals surface area contributed by atoms with Crippen LogP contribution in [0.15, 0.2) is 12.1 Å². The highest BCUT2D eigenvalue weighted by Gasteiger charge is 2.21. The van der Waals surface area contributed by atoms with E-state index >= 15 is 0 Å². The third-order valence-corrected chi connectivity index (χ3v) is 3.44. The summed E-state index contributed by atoms with van der Waals surface area (Å²) in [5, 5.41) is 20.3. The van der Waals surface area contributed by atoms with Gasteiger partial charge in [-0.15, -0.1) is 0 Å². The van der Waals surface area contributed by atoms with Gasteiger partial charge in [0, 0.05) is 10.9 Å². The Labute approximate surface area is 102 Å². The molecule has 0 fully saturated rings. The SMILES string of the molecule is COC(=O)C(C)CC(O)c1ccc([N+](=O)[O-])s1. The lowest BCUT2D eigenvalue weighted by atomic mass is 10.0. The number of ether oxygens (including phenoxy) is 1. The maximum atomic E-state index is 11.2. The van der Waals surface area contributed by atoms with Crippen LogP contribution >= 0.6 is 11.3 Å². The van der Waals surface area contributed by atoms with Crippen molar-refractivity contribution in [1.82, 2.24) is 0 Å². The van der Waals surface area contributed by atoms with Gasteiger partial charge >= 0.3 is 11.0 Å². The van der Waals surface area contributed by atoms with E-state index in [1.54, 1.807) is 6.92 Å². The van der Waals surface area contributed by atoms with Crippen molar-refractivity contribution in [2.75, 3.05) is 7.11 Å². The fourth-order valence-corrected chi connectivity index (χ4v) is 2.19. The summed E-state index contributed by atoms with van der Waals surface area (Å²) >= 11 is 0.909. The Morgan fingerprint density at radius 3 is 2.76 bits per heavy atom. The molecule has 1 aromatic rings. The Morgan fingerprint density at radius 2 is 2.29 bits per heavy atom. The first-order valence-corrected chi connectivity index (χ1v) is 5.77. The van der Waals surface area contributed by atoms with Crippen LogP contribution in [-0.4, -0.2) is 23.1 Å². The number of thiophene rings is 1. The van der Waals surface area contributed by atoms with Crippen molar-refractivity contribution in [2.24, 2.45) is 5.92 Å². The molecule has 0 saturated carbocycles. The Bertz CT molecular complexity index is 417. The minimum Gasteiger partial charge on any atom is -0.469 e. The summed E-state index contributed by atoms with van der Waals surface area (Å²) in [6.45, 7) is 1.64. The number of nitrogens with zero attached hydrogens (tertiary/aromatic N) is 1. The molecule has 0 aliphatic rings. The first-order chi connectivity index (χ1) is 7.95. The van der Waals surface area contributed by atoms with Gasteiger partial charge in [0.15, 0.2) is 0 Å².